The summed E-state index contributed by atoms with van der Waals surface area (Å²) in [6, 6.07) is 4.07. The van der Waals surface area contributed by atoms with Crippen LogP contribution in [0.15, 0.2) is 23.1 Å². The number of hydrogen-bond donors (Lipinski definition) is 3. The number of nitrogens with one attached hydrogen (secondary N) is 2. The second-order valence-electron chi connectivity index (χ2n) is 5.43. The van der Waals surface area contributed by atoms with Crippen LogP contribution in [0.3, 0.4) is 0 Å². The van der Waals surface area contributed by atoms with Crippen LogP contribution in [0.5, 0.6) is 0 Å². The van der Waals surface area contributed by atoms with Gasteiger partial charge >= 0.3 is 5.97 Å². The molecular weight excluding hydrogens is 320 g/mol. The summed E-state index contributed by atoms with van der Waals surface area (Å²) in [6.45, 7) is 3.38. The predicted octanol–water partition coefficient (Wildman–Crippen LogP) is 1.66. The Morgan fingerprint density at radius 2 is 2.22 bits per heavy atom. The minimum Gasteiger partial charge on any atom is -0.478 e. The van der Waals surface area contributed by atoms with Gasteiger partial charge in [-0.05, 0) is 37.5 Å². The van der Waals surface area contributed by atoms with Gasteiger partial charge in [0.2, 0.25) is 10.0 Å². The first-order valence-corrected chi connectivity index (χ1v) is 9.15. The first-order valence-electron chi connectivity index (χ1n) is 7.66. The van der Waals surface area contributed by atoms with Crippen LogP contribution < -0.4 is 10.0 Å². The van der Waals surface area contributed by atoms with E-state index in [2.05, 4.69) is 10.0 Å². The van der Waals surface area contributed by atoms with Crippen molar-refractivity contribution in [2.45, 2.75) is 37.2 Å². The largest absolute Gasteiger partial charge is 0.478 e. The Labute approximate surface area is 136 Å². The van der Waals surface area contributed by atoms with Crippen LogP contribution in [0.2, 0.25) is 0 Å². The zero-order chi connectivity index (χ0) is 16.9. The third kappa shape index (κ3) is 4.66. The molecule has 0 radical (unpaired) electrons. The number of benzene rings is 1. The highest BCUT2D eigenvalue weighted by atomic mass is 32.2. The van der Waals surface area contributed by atoms with E-state index < -0.39 is 16.0 Å². The van der Waals surface area contributed by atoms with Crippen molar-refractivity contribution in [2.75, 3.05) is 25.0 Å². The van der Waals surface area contributed by atoms with Crippen LogP contribution in [0.4, 0.5) is 5.69 Å². The number of carbonyl (C=O) groups is 1. The van der Waals surface area contributed by atoms with Gasteiger partial charge in [-0.1, -0.05) is 6.92 Å². The second-order valence-corrected chi connectivity index (χ2v) is 7.19. The van der Waals surface area contributed by atoms with E-state index in [1.54, 1.807) is 0 Å². The number of anilines is 1. The summed E-state index contributed by atoms with van der Waals surface area (Å²) < 4.78 is 32.1. The molecule has 0 saturated carbocycles. The molecule has 0 amide bonds. The molecule has 7 nitrogen and oxygen atoms in total. The number of sulfonamides is 1. The molecule has 8 heteroatoms. The molecule has 0 aromatic heterocycles. The highest BCUT2D eigenvalue weighted by Gasteiger charge is 2.20. The second kappa shape index (κ2) is 7.76. The third-order valence-corrected chi connectivity index (χ3v) is 5.08. The van der Waals surface area contributed by atoms with Gasteiger partial charge in [-0.15, -0.1) is 0 Å². The van der Waals surface area contributed by atoms with E-state index in [1.807, 2.05) is 6.92 Å². The number of carboxylic acids is 1. The minimum atomic E-state index is -3.69. The van der Waals surface area contributed by atoms with Crippen molar-refractivity contribution in [1.29, 1.82) is 0 Å². The van der Waals surface area contributed by atoms with E-state index in [-0.39, 0.29) is 16.6 Å². The van der Waals surface area contributed by atoms with E-state index in [4.69, 9.17) is 4.74 Å². The summed E-state index contributed by atoms with van der Waals surface area (Å²) >= 11 is 0. The minimum absolute atomic E-state index is 0.0500. The van der Waals surface area contributed by atoms with Gasteiger partial charge in [0, 0.05) is 25.4 Å². The topological polar surface area (TPSA) is 105 Å². The zero-order valence-corrected chi connectivity index (χ0v) is 13.9. The summed E-state index contributed by atoms with van der Waals surface area (Å²) in [5.74, 6) is -1.17. The van der Waals surface area contributed by atoms with Gasteiger partial charge in [-0.3, -0.25) is 0 Å². The average molecular weight is 342 g/mol. The monoisotopic (exact) mass is 342 g/mol. The lowest BCUT2D eigenvalue weighted by molar-refractivity contribution is 0.0697. The molecule has 1 aromatic carbocycles. The smallest absolute Gasteiger partial charge is 0.337 e. The summed E-state index contributed by atoms with van der Waals surface area (Å²) in [7, 11) is -3.69. The first-order chi connectivity index (χ1) is 10.9. The van der Waals surface area contributed by atoms with Crippen molar-refractivity contribution < 1.29 is 23.1 Å². The molecule has 1 aliphatic rings. The molecule has 1 atom stereocenters. The molecule has 1 fully saturated rings. The van der Waals surface area contributed by atoms with E-state index in [0.717, 1.165) is 19.4 Å². The van der Waals surface area contributed by atoms with Gasteiger partial charge in [0.05, 0.1) is 16.6 Å². The van der Waals surface area contributed by atoms with Gasteiger partial charge in [0.15, 0.2) is 0 Å². The van der Waals surface area contributed by atoms with Crippen molar-refractivity contribution >= 4 is 21.7 Å². The molecule has 2 rings (SSSR count). The lowest BCUT2D eigenvalue weighted by Gasteiger charge is -2.15. The molecule has 0 aliphatic carbocycles. The summed E-state index contributed by atoms with van der Waals surface area (Å²) in [4.78, 5) is 11.4. The summed E-state index contributed by atoms with van der Waals surface area (Å²) in [6.07, 6.45) is 2.65. The molecule has 0 spiro atoms. The maximum atomic E-state index is 12.1. The third-order valence-electron chi connectivity index (χ3n) is 3.62. The summed E-state index contributed by atoms with van der Waals surface area (Å²) in [5.41, 5.74) is 0.324. The standard InChI is InChI=1S/C15H22N2O5S/c1-2-7-17-23(20,21)12-5-6-14(13(9-12)15(18)19)16-10-11-4-3-8-22-11/h5-6,9,11,16-17H,2-4,7-8,10H2,1H3,(H,18,19)/t11-/m0/s1. The van der Waals surface area contributed by atoms with Gasteiger partial charge in [0.1, 0.15) is 0 Å². The van der Waals surface area contributed by atoms with Crippen molar-refractivity contribution in [3.05, 3.63) is 23.8 Å². The first kappa shape index (κ1) is 17.7. The van der Waals surface area contributed by atoms with Gasteiger partial charge in [0.25, 0.3) is 0 Å². The molecular formula is C15H22N2O5S. The number of carboxylic acid groups (broad SMARTS) is 1. The van der Waals surface area contributed by atoms with E-state index >= 15 is 0 Å². The van der Waals surface area contributed by atoms with Crippen LogP contribution in [-0.4, -0.2) is 45.3 Å². The van der Waals surface area contributed by atoms with Crippen molar-refractivity contribution in [3.63, 3.8) is 0 Å². The number of rotatable bonds is 8. The highest BCUT2D eigenvalue weighted by molar-refractivity contribution is 7.89. The van der Waals surface area contributed by atoms with Crippen LogP contribution in [0.25, 0.3) is 0 Å². The fourth-order valence-corrected chi connectivity index (χ4v) is 3.53. The molecule has 1 heterocycles. The Kier molecular flexibility index (Phi) is 5.97. The maximum absolute atomic E-state index is 12.1. The molecule has 0 unspecified atom stereocenters. The van der Waals surface area contributed by atoms with E-state index in [0.29, 0.717) is 25.2 Å². The molecule has 0 bridgehead atoms. The zero-order valence-electron chi connectivity index (χ0n) is 13.0. The molecule has 1 aromatic rings. The van der Waals surface area contributed by atoms with Crippen molar-refractivity contribution in [2.24, 2.45) is 0 Å². The quantitative estimate of drug-likeness (QED) is 0.664. The molecule has 23 heavy (non-hydrogen) atoms. The SMILES string of the molecule is CCCNS(=O)(=O)c1ccc(NC[C@@H]2CCCO2)c(C(=O)O)c1. The van der Waals surface area contributed by atoms with Crippen LogP contribution in [-0.2, 0) is 14.8 Å². The van der Waals surface area contributed by atoms with Gasteiger partial charge < -0.3 is 15.2 Å². The van der Waals surface area contributed by atoms with Crippen molar-refractivity contribution in [1.82, 2.24) is 4.72 Å². The van der Waals surface area contributed by atoms with Gasteiger partial charge in [-0.25, -0.2) is 17.9 Å². The Balaban J connectivity index is 2.18. The summed E-state index contributed by atoms with van der Waals surface area (Å²) in [5, 5.41) is 12.4. The Morgan fingerprint density at radius 3 is 2.83 bits per heavy atom. The predicted molar refractivity (Wildman–Crippen MR) is 86.3 cm³/mol. The van der Waals surface area contributed by atoms with Crippen LogP contribution >= 0.6 is 0 Å². The fraction of sp³-hybridized carbons (Fsp3) is 0.533. The fourth-order valence-electron chi connectivity index (χ4n) is 2.37. The van der Waals surface area contributed by atoms with E-state index in [1.165, 1.54) is 18.2 Å². The van der Waals surface area contributed by atoms with E-state index in [9.17, 15) is 18.3 Å². The lowest BCUT2D eigenvalue weighted by Crippen LogP contribution is -2.25. The van der Waals surface area contributed by atoms with Gasteiger partial charge in [-0.2, -0.15) is 0 Å². The average Bonchev–Trinajstić information content (AvgIpc) is 3.04. The normalized spacial score (nSPS) is 18.0. The number of aromatic carboxylic acids is 1. The Hall–Kier alpha value is -1.64. The molecule has 128 valence electrons. The molecule has 1 saturated heterocycles. The lowest BCUT2D eigenvalue weighted by atomic mass is 10.1. The van der Waals surface area contributed by atoms with Crippen molar-refractivity contribution in [3.8, 4) is 0 Å². The maximum Gasteiger partial charge on any atom is 0.337 e. The van der Waals surface area contributed by atoms with Crippen LogP contribution in [0, 0.1) is 0 Å². The number of ether oxygens (including phenoxy) is 1. The van der Waals surface area contributed by atoms with Crippen LogP contribution in [0.1, 0.15) is 36.5 Å². The highest BCUT2D eigenvalue weighted by Crippen LogP contribution is 2.22. The number of hydrogen-bond acceptors (Lipinski definition) is 5. The Bertz CT molecular complexity index is 654. The molecule has 1 aliphatic heterocycles. The Morgan fingerprint density at radius 1 is 1.43 bits per heavy atom. The molecule has 3 N–H and O–H groups in total.